The Morgan fingerprint density at radius 1 is 1.42 bits per heavy atom. The molecule has 0 saturated carbocycles. The Balaban J connectivity index is 2.87. The van der Waals surface area contributed by atoms with Crippen LogP contribution in [0.1, 0.15) is 0 Å². The van der Waals surface area contributed by atoms with Gasteiger partial charge in [-0.25, -0.2) is 4.39 Å². The molecule has 0 spiro atoms. The third-order valence-electron chi connectivity index (χ3n) is 1.57. The third-order valence-corrected chi connectivity index (χ3v) is 3.68. The van der Waals surface area contributed by atoms with Crippen LogP contribution in [0.25, 0.3) is 10.1 Å². The molecule has 1 aromatic heterocycles. The summed E-state index contributed by atoms with van der Waals surface area (Å²) in [6.07, 6.45) is 0. The first-order chi connectivity index (χ1) is 5.68. The van der Waals surface area contributed by atoms with E-state index in [1.807, 2.05) is 0 Å². The minimum Gasteiger partial charge on any atom is -0.205 e. The maximum atomic E-state index is 13.0. The largest absolute Gasteiger partial charge is 0.205 e. The van der Waals surface area contributed by atoms with Gasteiger partial charge in [-0.15, -0.1) is 11.3 Å². The van der Waals surface area contributed by atoms with Crippen molar-refractivity contribution in [2.75, 3.05) is 0 Å². The van der Waals surface area contributed by atoms with Crippen molar-refractivity contribution in [3.8, 4) is 0 Å². The van der Waals surface area contributed by atoms with Gasteiger partial charge in [-0.2, -0.15) is 0 Å². The van der Waals surface area contributed by atoms with Crippen LogP contribution < -0.4 is 0 Å². The lowest BCUT2D eigenvalue weighted by molar-refractivity contribution is 0.644. The average molecular weight is 266 g/mol. The molecule has 0 aliphatic carbocycles. The van der Waals surface area contributed by atoms with E-state index < -0.39 is 0 Å². The Morgan fingerprint density at radius 2 is 2.17 bits per heavy atom. The molecule has 62 valence electrons. The average Bonchev–Trinajstić information content (AvgIpc) is 2.35. The highest BCUT2D eigenvalue weighted by Crippen LogP contribution is 2.32. The van der Waals surface area contributed by atoms with Crippen LogP contribution in [-0.4, -0.2) is 0 Å². The highest BCUT2D eigenvalue weighted by atomic mass is 79.9. The summed E-state index contributed by atoms with van der Waals surface area (Å²) in [6, 6.07) is 3.46. The molecule has 0 amide bonds. The minimum absolute atomic E-state index is 0.188. The van der Waals surface area contributed by atoms with E-state index in [1.54, 1.807) is 12.1 Å². The number of hydrogen-bond donors (Lipinski definition) is 0. The van der Waals surface area contributed by atoms with Gasteiger partial charge >= 0.3 is 0 Å². The van der Waals surface area contributed by atoms with Gasteiger partial charge in [0.05, 0.1) is 5.02 Å². The molecule has 12 heavy (non-hydrogen) atoms. The van der Waals surface area contributed by atoms with Gasteiger partial charge in [-0.1, -0.05) is 11.6 Å². The van der Waals surface area contributed by atoms with Gasteiger partial charge in [0, 0.05) is 19.9 Å². The first-order valence-electron chi connectivity index (χ1n) is 3.20. The number of thiophene rings is 1. The Labute approximate surface area is 86.1 Å². The lowest BCUT2D eigenvalue weighted by Crippen LogP contribution is -1.71. The van der Waals surface area contributed by atoms with Crippen molar-refractivity contribution in [1.82, 2.24) is 0 Å². The van der Waals surface area contributed by atoms with E-state index >= 15 is 0 Å². The Kier molecular flexibility index (Phi) is 2.10. The summed E-state index contributed by atoms with van der Waals surface area (Å²) in [5.74, 6) is -0.188. The van der Waals surface area contributed by atoms with Crippen molar-refractivity contribution in [1.29, 1.82) is 0 Å². The monoisotopic (exact) mass is 264 g/mol. The van der Waals surface area contributed by atoms with Crippen molar-refractivity contribution in [2.45, 2.75) is 0 Å². The summed E-state index contributed by atoms with van der Waals surface area (Å²) in [7, 11) is 0. The molecule has 2 rings (SSSR count). The summed E-state index contributed by atoms with van der Waals surface area (Å²) in [5, 5.41) is 2.72. The van der Waals surface area contributed by atoms with E-state index in [9.17, 15) is 4.39 Å². The van der Waals surface area contributed by atoms with Crippen LogP contribution >= 0.6 is 38.9 Å². The third kappa shape index (κ3) is 1.26. The van der Waals surface area contributed by atoms with Crippen molar-refractivity contribution >= 4 is 49.0 Å². The lowest BCUT2D eigenvalue weighted by atomic mass is 10.2. The van der Waals surface area contributed by atoms with Crippen molar-refractivity contribution in [3.05, 3.63) is 32.8 Å². The molecule has 0 unspecified atom stereocenters. The van der Waals surface area contributed by atoms with Crippen LogP contribution in [0, 0.1) is 5.82 Å². The van der Waals surface area contributed by atoms with E-state index in [0.717, 1.165) is 9.17 Å². The van der Waals surface area contributed by atoms with Crippen molar-refractivity contribution in [2.24, 2.45) is 0 Å². The minimum atomic E-state index is -0.188. The number of hydrogen-bond acceptors (Lipinski definition) is 1. The maximum absolute atomic E-state index is 13.0. The van der Waals surface area contributed by atoms with E-state index in [0.29, 0.717) is 10.4 Å². The van der Waals surface area contributed by atoms with E-state index in [1.165, 1.54) is 16.7 Å². The van der Waals surface area contributed by atoms with Gasteiger partial charge in [-0.3, -0.25) is 0 Å². The molecular formula is C8H3BrClFS. The highest BCUT2D eigenvalue weighted by molar-refractivity contribution is 9.10. The van der Waals surface area contributed by atoms with Gasteiger partial charge in [0.1, 0.15) is 5.82 Å². The fraction of sp³-hybridized carbons (Fsp3) is 0. The molecule has 1 heterocycles. The maximum Gasteiger partial charge on any atom is 0.141 e. The highest BCUT2D eigenvalue weighted by Gasteiger charge is 2.06. The van der Waals surface area contributed by atoms with Crippen LogP contribution in [0.2, 0.25) is 5.02 Å². The molecule has 0 atom stereocenters. The number of rotatable bonds is 0. The molecule has 0 aliphatic rings. The molecule has 0 bridgehead atoms. The zero-order chi connectivity index (χ0) is 8.72. The summed E-state index contributed by atoms with van der Waals surface area (Å²) >= 11 is 10.4. The van der Waals surface area contributed by atoms with Gasteiger partial charge in [-0.05, 0) is 28.1 Å². The molecule has 2 aromatic rings. The smallest absolute Gasteiger partial charge is 0.141 e. The first kappa shape index (κ1) is 8.48. The van der Waals surface area contributed by atoms with E-state index in [2.05, 4.69) is 15.9 Å². The molecule has 0 nitrogen and oxygen atoms in total. The molecule has 0 aliphatic heterocycles. The predicted octanol–water partition coefficient (Wildman–Crippen LogP) is 4.46. The second-order valence-electron chi connectivity index (χ2n) is 2.35. The fourth-order valence-corrected chi connectivity index (χ4v) is 2.39. The lowest BCUT2D eigenvalue weighted by Gasteiger charge is -1.95. The molecule has 0 radical (unpaired) electrons. The molecule has 0 saturated heterocycles. The second-order valence-corrected chi connectivity index (χ2v) is 4.52. The predicted molar refractivity (Wildman–Crippen MR) is 54.5 cm³/mol. The summed E-state index contributed by atoms with van der Waals surface area (Å²) in [5.41, 5.74) is 0. The fourth-order valence-electron chi connectivity index (χ4n) is 0.991. The number of halogens is 3. The number of fused-ring (bicyclic) bond motifs is 1. The summed E-state index contributed by atoms with van der Waals surface area (Å²) < 4.78 is 14.6. The molecule has 0 fully saturated rings. The van der Waals surface area contributed by atoms with Crippen molar-refractivity contribution in [3.63, 3.8) is 0 Å². The van der Waals surface area contributed by atoms with Gasteiger partial charge in [0.2, 0.25) is 0 Å². The van der Waals surface area contributed by atoms with E-state index in [-0.39, 0.29) is 5.82 Å². The summed E-state index contributed by atoms with van der Waals surface area (Å²) in [6.45, 7) is 0. The summed E-state index contributed by atoms with van der Waals surface area (Å²) in [4.78, 5) is 0. The second kappa shape index (κ2) is 2.98. The van der Waals surface area contributed by atoms with Crippen LogP contribution in [0.5, 0.6) is 0 Å². The van der Waals surface area contributed by atoms with Crippen LogP contribution in [0.15, 0.2) is 22.0 Å². The molecular weight excluding hydrogens is 263 g/mol. The standard InChI is InChI=1S/C8H3BrClFS/c9-5-1-4-7(11)3-12-8(4)2-6(5)10/h1-3H. The first-order valence-corrected chi connectivity index (χ1v) is 5.25. The number of benzene rings is 1. The zero-order valence-electron chi connectivity index (χ0n) is 5.77. The topological polar surface area (TPSA) is 0 Å². The Morgan fingerprint density at radius 3 is 2.92 bits per heavy atom. The van der Waals surface area contributed by atoms with E-state index in [4.69, 9.17) is 11.6 Å². The van der Waals surface area contributed by atoms with Gasteiger partial charge < -0.3 is 0 Å². The van der Waals surface area contributed by atoms with Crippen LogP contribution in [0.3, 0.4) is 0 Å². The molecule has 1 aromatic carbocycles. The normalized spacial score (nSPS) is 10.9. The van der Waals surface area contributed by atoms with Crippen LogP contribution in [-0.2, 0) is 0 Å². The Bertz CT molecular complexity index is 438. The molecule has 4 heteroatoms. The van der Waals surface area contributed by atoms with Gasteiger partial charge in [0.25, 0.3) is 0 Å². The van der Waals surface area contributed by atoms with Crippen molar-refractivity contribution < 1.29 is 4.39 Å². The Hall–Kier alpha value is -0.120. The van der Waals surface area contributed by atoms with Gasteiger partial charge in [0.15, 0.2) is 0 Å². The SMILES string of the molecule is Fc1csc2cc(Cl)c(Br)cc12. The quantitative estimate of drug-likeness (QED) is 0.660. The van der Waals surface area contributed by atoms with Crippen LogP contribution in [0.4, 0.5) is 4.39 Å². The zero-order valence-corrected chi connectivity index (χ0v) is 8.93. The molecule has 0 N–H and O–H groups in total.